The molecule has 0 fully saturated rings. The third-order valence-electron chi connectivity index (χ3n) is 3.50. The number of hydrogen-bond acceptors (Lipinski definition) is 2. The van der Waals surface area contributed by atoms with Gasteiger partial charge in [-0.2, -0.15) is 0 Å². The summed E-state index contributed by atoms with van der Waals surface area (Å²) in [6.07, 6.45) is 0. The third-order valence-corrected chi connectivity index (χ3v) is 3.73. The molecule has 1 unspecified atom stereocenters. The van der Waals surface area contributed by atoms with Crippen LogP contribution in [-0.2, 0) is 0 Å². The van der Waals surface area contributed by atoms with Crippen LogP contribution in [0.25, 0.3) is 0 Å². The van der Waals surface area contributed by atoms with Gasteiger partial charge in [0.15, 0.2) is 0 Å². The molecule has 0 saturated heterocycles. The maximum Gasteiger partial charge on any atom is 0.256 e. The van der Waals surface area contributed by atoms with Gasteiger partial charge in [-0.3, -0.25) is 4.79 Å². The van der Waals surface area contributed by atoms with Crippen LogP contribution in [0.4, 0.5) is 10.1 Å². The van der Waals surface area contributed by atoms with E-state index in [1.807, 2.05) is 6.92 Å². The van der Waals surface area contributed by atoms with Crippen LogP contribution in [0.5, 0.6) is 0 Å². The van der Waals surface area contributed by atoms with Gasteiger partial charge in [-0.15, -0.1) is 0 Å². The van der Waals surface area contributed by atoms with Crippen LogP contribution in [0.3, 0.4) is 0 Å². The lowest BCUT2D eigenvalue weighted by atomic mass is 10.1. The van der Waals surface area contributed by atoms with E-state index < -0.39 is 0 Å². The van der Waals surface area contributed by atoms with Gasteiger partial charge in [-0.05, 0) is 42.8 Å². The van der Waals surface area contributed by atoms with Crippen LogP contribution in [-0.4, -0.2) is 17.9 Å². The number of anilines is 1. The zero-order chi connectivity index (χ0) is 15.6. The van der Waals surface area contributed by atoms with Crippen LogP contribution in [0, 0.1) is 5.82 Å². The summed E-state index contributed by atoms with van der Waals surface area (Å²) in [4.78, 5) is 14.1. The summed E-state index contributed by atoms with van der Waals surface area (Å²) in [7, 11) is 1.68. The molecule has 110 valence electrons. The highest BCUT2D eigenvalue weighted by Crippen LogP contribution is 2.24. The Morgan fingerprint density at radius 1 is 1.24 bits per heavy atom. The first-order valence-electron chi connectivity index (χ1n) is 6.48. The molecule has 0 bridgehead atoms. The van der Waals surface area contributed by atoms with Crippen LogP contribution in [0.2, 0.25) is 5.02 Å². The molecule has 0 aliphatic carbocycles. The summed E-state index contributed by atoms with van der Waals surface area (Å²) in [6, 6.07) is 10.6. The highest BCUT2D eigenvalue weighted by molar-refractivity contribution is 6.31. The molecule has 2 rings (SSSR count). The van der Waals surface area contributed by atoms with Gasteiger partial charge in [0.25, 0.3) is 5.91 Å². The van der Waals surface area contributed by atoms with Gasteiger partial charge in [-0.25, -0.2) is 4.39 Å². The molecule has 0 radical (unpaired) electrons. The van der Waals surface area contributed by atoms with Crippen molar-refractivity contribution in [1.29, 1.82) is 0 Å². The van der Waals surface area contributed by atoms with Crippen LogP contribution >= 0.6 is 11.6 Å². The number of carbonyl (C=O) groups is 1. The summed E-state index contributed by atoms with van der Waals surface area (Å²) in [5.74, 6) is -0.536. The molecular formula is C16H16ClFN2O. The first kappa shape index (κ1) is 15.3. The largest absolute Gasteiger partial charge is 0.398 e. The first-order valence-corrected chi connectivity index (χ1v) is 6.85. The van der Waals surface area contributed by atoms with Gasteiger partial charge in [0.1, 0.15) is 5.82 Å². The maximum atomic E-state index is 13.0. The molecule has 1 amide bonds. The molecule has 2 aromatic rings. The maximum absolute atomic E-state index is 13.0. The number of benzene rings is 2. The number of halogens is 2. The average Bonchev–Trinajstić information content (AvgIpc) is 2.48. The lowest BCUT2D eigenvalue weighted by Gasteiger charge is -2.26. The molecular weight excluding hydrogens is 291 g/mol. The van der Waals surface area contributed by atoms with E-state index in [9.17, 15) is 9.18 Å². The fourth-order valence-electron chi connectivity index (χ4n) is 2.04. The number of nitrogens with two attached hydrogens (primary N) is 1. The van der Waals surface area contributed by atoms with Gasteiger partial charge in [0.05, 0.1) is 11.6 Å². The topological polar surface area (TPSA) is 46.3 Å². The second-order valence-electron chi connectivity index (χ2n) is 4.88. The monoisotopic (exact) mass is 306 g/mol. The standard InChI is InChI=1S/C16H16ClFN2O/c1-10(11-3-6-13(18)7-4-11)20(2)16(21)14-9-12(17)5-8-15(14)19/h3-10H,19H2,1-2H3. The minimum absolute atomic E-state index is 0.212. The van der Waals surface area contributed by atoms with E-state index in [0.717, 1.165) is 5.56 Å². The molecule has 21 heavy (non-hydrogen) atoms. The van der Waals surface area contributed by atoms with E-state index in [-0.39, 0.29) is 17.8 Å². The molecule has 0 aromatic heterocycles. The Hall–Kier alpha value is -2.07. The van der Waals surface area contributed by atoms with Gasteiger partial charge < -0.3 is 10.6 Å². The van der Waals surface area contributed by atoms with Crippen molar-refractivity contribution in [2.24, 2.45) is 0 Å². The van der Waals surface area contributed by atoms with Crippen molar-refractivity contribution in [2.75, 3.05) is 12.8 Å². The molecule has 0 heterocycles. The molecule has 2 aromatic carbocycles. The smallest absolute Gasteiger partial charge is 0.256 e. The Morgan fingerprint density at radius 3 is 2.48 bits per heavy atom. The molecule has 0 aliphatic rings. The Kier molecular flexibility index (Phi) is 4.48. The number of nitrogens with zero attached hydrogens (tertiary/aromatic N) is 1. The Bertz CT molecular complexity index is 658. The van der Waals surface area contributed by atoms with Crippen molar-refractivity contribution in [2.45, 2.75) is 13.0 Å². The molecule has 0 saturated carbocycles. The van der Waals surface area contributed by atoms with E-state index in [0.29, 0.717) is 16.3 Å². The summed E-state index contributed by atoms with van der Waals surface area (Å²) in [5.41, 5.74) is 7.41. The summed E-state index contributed by atoms with van der Waals surface area (Å²) in [5, 5.41) is 0.454. The molecule has 1 atom stereocenters. The number of hydrogen-bond donors (Lipinski definition) is 1. The van der Waals surface area contributed by atoms with Crippen molar-refractivity contribution in [3.8, 4) is 0 Å². The summed E-state index contributed by atoms with van der Waals surface area (Å²) < 4.78 is 13.0. The number of amides is 1. The minimum atomic E-state index is -0.306. The normalized spacial score (nSPS) is 12.0. The van der Waals surface area contributed by atoms with E-state index in [2.05, 4.69) is 0 Å². The number of nitrogen functional groups attached to an aromatic ring is 1. The summed E-state index contributed by atoms with van der Waals surface area (Å²) >= 11 is 5.91. The highest BCUT2D eigenvalue weighted by atomic mass is 35.5. The fourth-order valence-corrected chi connectivity index (χ4v) is 2.22. The summed E-state index contributed by atoms with van der Waals surface area (Å²) in [6.45, 7) is 1.87. The zero-order valence-corrected chi connectivity index (χ0v) is 12.6. The molecule has 0 aliphatic heterocycles. The van der Waals surface area contributed by atoms with E-state index in [4.69, 9.17) is 17.3 Å². The van der Waals surface area contributed by atoms with Gasteiger partial charge >= 0.3 is 0 Å². The number of carbonyl (C=O) groups excluding carboxylic acids is 1. The molecule has 0 spiro atoms. The number of rotatable bonds is 3. The molecule has 3 nitrogen and oxygen atoms in total. The minimum Gasteiger partial charge on any atom is -0.398 e. The van der Waals surface area contributed by atoms with E-state index in [1.54, 1.807) is 42.3 Å². The van der Waals surface area contributed by atoms with E-state index >= 15 is 0 Å². The van der Waals surface area contributed by atoms with Crippen molar-refractivity contribution >= 4 is 23.2 Å². The molecule has 2 N–H and O–H groups in total. The highest BCUT2D eigenvalue weighted by Gasteiger charge is 2.21. The Morgan fingerprint density at radius 2 is 1.86 bits per heavy atom. The quantitative estimate of drug-likeness (QED) is 0.874. The predicted octanol–water partition coefficient (Wildman–Crippen LogP) is 3.89. The fraction of sp³-hybridized carbons (Fsp3) is 0.188. The zero-order valence-electron chi connectivity index (χ0n) is 11.8. The molecule has 5 heteroatoms. The van der Waals surface area contributed by atoms with Gasteiger partial charge in [0, 0.05) is 17.8 Å². The third kappa shape index (κ3) is 3.34. The first-order chi connectivity index (χ1) is 9.90. The van der Waals surface area contributed by atoms with Crippen molar-refractivity contribution in [3.63, 3.8) is 0 Å². The Labute approximate surface area is 128 Å². The second kappa shape index (κ2) is 6.14. The van der Waals surface area contributed by atoms with Crippen LogP contribution in [0.15, 0.2) is 42.5 Å². The second-order valence-corrected chi connectivity index (χ2v) is 5.31. The van der Waals surface area contributed by atoms with Crippen LogP contribution < -0.4 is 5.73 Å². The van der Waals surface area contributed by atoms with Gasteiger partial charge in [-0.1, -0.05) is 23.7 Å². The van der Waals surface area contributed by atoms with Gasteiger partial charge in [0.2, 0.25) is 0 Å². The van der Waals surface area contributed by atoms with Crippen molar-refractivity contribution in [3.05, 3.63) is 64.4 Å². The SMILES string of the molecule is CC(c1ccc(F)cc1)N(C)C(=O)c1cc(Cl)ccc1N. The lowest BCUT2D eigenvalue weighted by molar-refractivity contribution is 0.0743. The predicted molar refractivity (Wildman–Crippen MR) is 82.8 cm³/mol. The lowest BCUT2D eigenvalue weighted by Crippen LogP contribution is -2.30. The van der Waals surface area contributed by atoms with Crippen molar-refractivity contribution in [1.82, 2.24) is 4.90 Å². The van der Waals surface area contributed by atoms with Crippen molar-refractivity contribution < 1.29 is 9.18 Å². The average molecular weight is 307 g/mol. The van der Waals surface area contributed by atoms with Crippen LogP contribution in [0.1, 0.15) is 28.9 Å². The Balaban J connectivity index is 2.26. The van der Waals surface area contributed by atoms with E-state index in [1.165, 1.54) is 12.1 Å².